The van der Waals surface area contributed by atoms with Crippen LogP contribution in [0.2, 0.25) is 0 Å². The number of likely N-dealkylation sites (N-methyl/N-ethyl adjacent to an activating group) is 1. The number of benzene rings is 1. The van der Waals surface area contributed by atoms with Crippen LogP contribution in [0.15, 0.2) is 24.3 Å². The van der Waals surface area contributed by atoms with Crippen molar-refractivity contribution in [1.29, 1.82) is 5.26 Å². The summed E-state index contributed by atoms with van der Waals surface area (Å²) in [6.45, 7) is 1.55. The predicted molar refractivity (Wildman–Crippen MR) is 73.6 cm³/mol. The van der Waals surface area contributed by atoms with Crippen molar-refractivity contribution in [2.75, 3.05) is 31.6 Å². The molecule has 0 aromatic heterocycles. The van der Waals surface area contributed by atoms with Gasteiger partial charge in [-0.05, 0) is 32.1 Å². The van der Waals surface area contributed by atoms with Crippen LogP contribution in [0, 0.1) is 11.3 Å². The van der Waals surface area contributed by atoms with Gasteiger partial charge < -0.3 is 10.6 Å². The Morgan fingerprint density at radius 2 is 2.21 bits per heavy atom. The quantitative estimate of drug-likeness (QED) is 0.859. The van der Waals surface area contributed by atoms with Gasteiger partial charge in [0.05, 0.1) is 17.8 Å². The van der Waals surface area contributed by atoms with Crippen molar-refractivity contribution in [2.24, 2.45) is 5.73 Å². The van der Waals surface area contributed by atoms with Gasteiger partial charge in [0.1, 0.15) is 6.07 Å². The number of carbonyl (C=O) groups is 1. The van der Waals surface area contributed by atoms with Crippen molar-refractivity contribution in [3.63, 3.8) is 0 Å². The summed E-state index contributed by atoms with van der Waals surface area (Å²) in [6, 6.07) is 9.59. The Labute approximate surface area is 113 Å². The normalized spacial score (nSPS) is 20.4. The molecule has 1 saturated heterocycles. The fourth-order valence-electron chi connectivity index (χ4n) is 2.42. The number of anilines is 1. The number of para-hydroxylation sites is 1. The maximum absolute atomic E-state index is 12.2. The first-order valence-electron chi connectivity index (χ1n) is 6.37. The second-order valence-corrected chi connectivity index (χ2v) is 4.78. The minimum absolute atomic E-state index is 0.0264. The van der Waals surface area contributed by atoms with Crippen LogP contribution in [-0.4, -0.2) is 43.5 Å². The van der Waals surface area contributed by atoms with E-state index in [1.165, 1.54) is 0 Å². The van der Waals surface area contributed by atoms with E-state index in [9.17, 15) is 4.79 Å². The molecule has 2 N–H and O–H groups in total. The summed E-state index contributed by atoms with van der Waals surface area (Å²) in [5.41, 5.74) is 6.85. The molecular formula is C14H18N4O. The number of piperazine rings is 1. The second kappa shape index (κ2) is 5.83. The lowest BCUT2D eigenvalue weighted by atomic mass is 10.1. The van der Waals surface area contributed by atoms with Crippen LogP contribution in [-0.2, 0) is 4.79 Å². The highest BCUT2D eigenvalue weighted by Crippen LogP contribution is 2.23. The Balaban J connectivity index is 2.28. The maximum Gasteiger partial charge on any atom is 0.241 e. The van der Waals surface area contributed by atoms with Gasteiger partial charge in [0, 0.05) is 12.6 Å². The van der Waals surface area contributed by atoms with Crippen LogP contribution in [0.3, 0.4) is 0 Å². The molecule has 1 heterocycles. The number of nitrogens with two attached hydrogens (primary N) is 1. The zero-order valence-electron chi connectivity index (χ0n) is 11.0. The lowest BCUT2D eigenvalue weighted by Crippen LogP contribution is -2.55. The van der Waals surface area contributed by atoms with Gasteiger partial charge in [-0.2, -0.15) is 5.26 Å². The summed E-state index contributed by atoms with van der Waals surface area (Å²) in [7, 11) is 1.94. The topological polar surface area (TPSA) is 73.4 Å². The van der Waals surface area contributed by atoms with Gasteiger partial charge in [-0.15, -0.1) is 0 Å². The van der Waals surface area contributed by atoms with E-state index in [0.29, 0.717) is 30.9 Å². The van der Waals surface area contributed by atoms with Crippen LogP contribution >= 0.6 is 0 Å². The summed E-state index contributed by atoms with van der Waals surface area (Å²) in [5.74, 6) is 0.0264. The Morgan fingerprint density at radius 3 is 2.89 bits per heavy atom. The number of carbonyl (C=O) groups excluding carboxylic acids is 1. The van der Waals surface area contributed by atoms with Crippen LogP contribution in [0.4, 0.5) is 5.69 Å². The van der Waals surface area contributed by atoms with E-state index in [-0.39, 0.29) is 11.9 Å². The first-order valence-corrected chi connectivity index (χ1v) is 6.37. The molecule has 0 spiro atoms. The van der Waals surface area contributed by atoms with Crippen molar-refractivity contribution in [3.05, 3.63) is 29.8 Å². The number of nitriles is 1. The van der Waals surface area contributed by atoms with Gasteiger partial charge in [-0.3, -0.25) is 9.69 Å². The fraction of sp³-hybridized carbons (Fsp3) is 0.429. The average Bonchev–Trinajstić information content (AvgIpc) is 2.42. The smallest absolute Gasteiger partial charge is 0.241 e. The molecule has 5 nitrogen and oxygen atoms in total. The third kappa shape index (κ3) is 2.75. The third-order valence-electron chi connectivity index (χ3n) is 3.52. The largest absolute Gasteiger partial charge is 0.330 e. The van der Waals surface area contributed by atoms with E-state index in [1.54, 1.807) is 17.0 Å². The molecule has 1 aliphatic heterocycles. The van der Waals surface area contributed by atoms with E-state index in [4.69, 9.17) is 11.0 Å². The van der Waals surface area contributed by atoms with Gasteiger partial charge in [-0.25, -0.2) is 0 Å². The van der Waals surface area contributed by atoms with Crippen LogP contribution < -0.4 is 10.6 Å². The van der Waals surface area contributed by atoms with E-state index < -0.39 is 0 Å². The predicted octanol–water partition coefficient (Wildman–Crippen LogP) is 0.554. The molecule has 0 saturated carbocycles. The molecular weight excluding hydrogens is 240 g/mol. The van der Waals surface area contributed by atoms with E-state index in [2.05, 4.69) is 6.07 Å². The molecule has 1 unspecified atom stereocenters. The van der Waals surface area contributed by atoms with Crippen molar-refractivity contribution >= 4 is 11.6 Å². The van der Waals surface area contributed by atoms with Gasteiger partial charge in [0.2, 0.25) is 5.91 Å². The Morgan fingerprint density at radius 1 is 1.47 bits per heavy atom. The van der Waals surface area contributed by atoms with Crippen molar-refractivity contribution in [3.8, 4) is 6.07 Å². The molecule has 1 aliphatic rings. The molecule has 1 aromatic carbocycles. The molecule has 1 fully saturated rings. The van der Waals surface area contributed by atoms with Gasteiger partial charge in [-0.1, -0.05) is 12.1 Å². The van der Waals surface area contributed by atoms with Crippen LogP contribution in [0.25, 0.3) is 0 Å². The standard InChI is InChI=1S/C14H18N4O/c1-17-10-14(19)18(9-12(17)6-7-15)13-5-3-2-4-11(13)8-16/h2-5,12H,6-7,9-10,15H2,1H3. The first-order chi connectivity index (χ1) is 9.17. The van der Waals surface area contributed by atoms with Crippen LogP contribution in [0.5, 0.6) is 0 Å². The molecule has 100 valence electrons. The number of nitrogens with zero attached hydrogens (tertiary/aromatic N) is 3. The summed E-state index contributed by atoms with van der Waals surface area (Å²) in [5, 5.41) is 9.14. The molecule has 5 heteroatoms. The van der Waals surface area contributed by atoms with Gasteiger partial charge in [0.15, 0.2) is 0 Å². The first kappa shape index (κ1) is 13.5. The van der Waals surface area contributed by atoms with E-state index in [1.807, 2.05) is 24.1 Å². The Kier molecular flexibility index (Phi) is 4.15. The molecule has 0 radical (unpaired) electrons. The zero-order valence-corrected chi connectivity index (χ0v) is 11.0. The summed E-state index contributed by atoms with van der Waals surface area (Å²) in [6.07, 6.45) is 0.842. The Hall–Kier alpha value is -1.90. The lowest BCUT2D eigenvalue weighted by Gasteiger charge is -2.39. The zero-order chi connectivity index (χ0) is 13.8. The second-order valence-electron chi connectivity index (χ2n) is 4.78. The number of rotatable bonds is 3. The maximum atomic E-state index is 12.2. The monoisotopic (exact) mass is 258 g/mol. The van der Waals surface area contributed by atoms with Gasteiger partial charge >= 0.3 is 0 Å². The number of hydrogen-bond acceptors (Lipinski definition) is 4. The Bertz CT molecular complexity index is 508. The van der Waals surface area contributed by atoms with Crippen LogP contribution in [0.1, 0.15) is 12.0 Å². The number of amides is 1. The highest BCUT2D eigenvalue weighted by atomic mass is 16.2. The lowest BCUT2D eigenvalue weighted by molar-refractivity contribution is -0.122. The number of hydrogen-bond donors (Lipinski definition) is 1. The van der Waals surface area contributed by atoms with Crippen molar-refractivity contribution < 1.29 is 4.79 Å². The molecule has 1 atom stereocenters. The fourth-order valence-corrected chi connectivity index (χ4v) is 2.42. The molecule has 2 rings (SSSR count). The van der Waals surface area contributed by atoms with E-state index >= 15 is 0 Å². The van der Waals surface area contributed by atoms with E-state index in [0.717, 1.165) is 6.42 Å². The molecule has 1 aromatic rings. The molecule has 1 amide bonds. The minimum Gasteiger partial charge on any atom is -0.330 e. The summed E-state index contributed by atoms with van der Waals surface area (Å²) in [4.78, 5) is 15.9. The molecule has 19 heavy (non-hydrogen) atoms. The average molecular weight is 258 g/mol. The summed E-state index contributed by atoms with van der Waals surface area (Å²) < 4.78 is 0. The van der Waals surface area contributed by atoms with Gasteiger partial charge in [0.25, 0.3) is 0 Å². The molecule has 0 aliphatic carbocycles. The SMILES string of the molecule is CN1CC(=O)N(c2ccccc2C#N)CC1CCN. The summed E-state index contributed by atoms with van der Waals surface area (Å²) >= 11 is 0. The highest BCUT2D eigenvalue weighted by molar-refractivity contribution is 5.96. The minimum atomic E-state index is 0.0264. The molecule has 0 bridgehead atoms. The highest BCUT2D eigenvalue weighted by Gasteiger charge is 2.31. The third-order valence-corrected chi connectivity index (χ3v) is 3.52. The van der Waals surface area contributed by atoms with Crippen molar-refractivity contribution in [2.45, 2.75) is 12.5 Å². The van der Waals surface area contributed by atoms with Crippen molar-refractivity contribution in [1.82, 2.24) is 4.90 Å².